The van der Waals surface area contributed by atoms with Crippen LogP contribution in [0.4, 0.5) is 5.69 Å². The van der Waals surface area contributed by atoms with Crippen LogP contribution in [-0.4, -0.2) is 26.7 Å². The molecule has 0 aliphatic carbocycles. The summed E-state index contributed by atoms with van der Waals surface area (Å²) in [7, 11) is 0. The zero-order valence-electron chi connectivity index (χ0n) is 31.3. The average molecular weight is 730 g/mol. The molecule has 0 spiro atoms. The van der Waals surface area contributed by atoms with E-state index in [1.807, 2.05) is 12.1 Å². The van der Waals surface area contributed by atoms with Crippen molar-refractivity contribution in [2.24, 2.45) is 9.98 Å². The number of benzene rings is 8. The van der Waals surface area contributed by atoms with Gasteiger partial charge in [-0.3, -0.25) is 4.57 Å². The summed E-state index contributed by atoms with van der Waals surface area (Å²) in [5, 5.41) is 9.40. The van der Waals surface area contributed by atoms with E-state index in [1.165, 1.54) is 49.0 Å². The van der Waals surface area contributed by atoms with Crippen molar-refractivity contribution >= 4 is 83.4 Å². The summed E-state index contributed by atoms with van der Waals surface area (Å²) < 4.78 is 4.66. The van der Waals surface area contributed by atoms with Crippen molar-refractivity contribution in [1.29, 1.82) is 0 Å². The molecule has 0 fully saturated rings. The third-order valence-corrected chi connectivity index (χ3v) is 11.4. The van der Waals surface area contributed by atoms with Crippen LogP contribution in [0.3, 0.4) is 0 Å². The smallest absolute Gasteiger partial charge is 0.178 e. The number of rotatable bonds is 5. The molecule has 3 aromatic heterocycles. The van der Waals surface area contributed by atoms with E-state index in [0.29, 0.717) is 11.5 Å². The Labute approximate surface area is 329 Å². The Hall–Kier alpha value is -7.63. The van der Waals surface area contributed by atoms with E-state index in [0.717, 1.165) is 50.1 Å². The van der Waals surface area contributed by atoms with Crippen LogP contribution in [0.25, 0.3) is 87.8 Å². The summed E-state index contributed by atoms with van der Waals surface area (Å²) in [6.07, 6.45) is 0. The first kappa shape index (κ1) is 32.8. The molecule has 3 heterocycles. The van der Waals surface area contributed by atoms with Crippen LogP contribution in [0, 0.1) is 6.92 Å². The second kappa shape index (κ2) is 13.0. The van der Waals surface area contributed by atoms with Gasteiger partial charge in [0.25, 0.3) is 0 Å². The van der Waals surface area contributed by atoms with Gasteiger partial charge in [-0.05, 0) is 95.0 Å². The standard InChI is InChI=1S/C52H35N5/c1-33-37-17-6-7-18-38(37)39-19-8-9-20-40(39)51(33)55-52(53-2)43-23-14-26-48(54-43)57-45-25-13-11-22-42(45)50-47(57)32-31-46-49(50)41-21-10-12-24-44(41)56(46)36-29-27-35(28-30-36)34-15-4-3-5-16-34/h3-32H,2H2,1H3/b55-52-. The third-order valence-electron chi connectivity index (χ3n) is 11.4. The second-order valence-electron chi connectivity index (χ2n) is 14.5. The molecular weight excluding hydrogens is 695 g/mol. The Morgan fingerprint density at radius 3 is 1.65 bits per heavy atom. The molecule has 11 aromatic rings. The molecule has 0 radical (unpaired) electrons. The SMILES string of the molecule is C=N/C(=N\c1c(C)c2ccccc2c2ccccc12)c1cccc(-n2c3ccccc3c3c4c5ccccc5n(-c5ccc(-c6ccccc6)cc5)c4ccc32)n1. The minimum Gasteiger partial charge on any atom is -0.309 e. The van der Waals surface area contributed by atoms with Gasteiger partial charge < -0.3 is 4.57 Å². The average Bonchev–Trinajstić information content (AvgIpc) is 3.80. The van der Waals surface area contributed by atoms with Gasteiger partial charge in [-0.15, -0.1) is 0 Å². The van der Waals surface area contributed by atoms with Crippen LogP contribution >= 0.6 is 0 Å². The molecule has 8 aromatic carbocycles. The molecule has 0 saturated heterocycles. The van der Waals surface area contributed by atoms with Crippen LogP contribution in [0.5, 0.6) is 0 Å². The number of hydrogen-bond acceptors (Lipinski definition) is 2. The third kappa shape index (κ3) is 5.06. The molecule has 5 heteroatoms. The predicted molar refractivity (Wildman–Crippen MR) is 240 cm³/mol. The van der Waals surface area contributed by atoms with Gasteiger partial charge in [-0.25, -0.2) is 15.0 Å². The number of fused-ring (bicyclic) bond motifs is 10. The molecular formula is C52H35N5. The molecule has 57 heavy (non-hydrogen) atoms. The van der Waals surface area contributed by atoms with Crippen LogP contribution < -0.4 is 0 Å². The van der Waals surface area contributed by atoms with Gasteiger partial charge in [0.15, 0.2) is 5.84 Å². The number of aryl methyl sites for hydroxylation is 1. The first-order chi connectivity index (χ1) is 28.2. The number of aliphatic imine (C=N–C) groups is 2. The molecule has 5 nitrogen and oxygen atoms in total. The number of pyridine rings is 1. The number of amidine groups is 1. The van der Waals surface area contributed by atoms with Crippen molar-refractivity contribution in [2.45, 2.75) is 6.92 Å². The first-order valence-corrected chi connectivity index (χ1v) is 19.2. The second-order valence-corrected chi connectivity index (χ2v) is 14.5. The van der Waals surface area contributed by atoms with Crippen molar-refractivity contribution in [3.05, 3.63) is 193 Å². The Balaban J connectivity index is 1.11. The van der Waals surface area contributed by atoms with Gasteiger partial charge in [0.05, 0.1) is 27.8 Å². The van der Waals surface area contributed by atoms with Crippen LogP contribution in [0.1, 0.15) is 11.3 Å². The van der Waals surface area contributed by atoms with E-state index in [-0.39, 0.29) is 0 Å². The summed E-state index contributed by atoms with van der Waals surface area (Å²) in [4.78, 5) is 15.0. The van der Waals surface area contributed by atoms with Gasteiger partial charge in [0, 0.05) is 32.6 Å². The topological polar surface area (TPSA) is 47.5 Å². The van der Waals surface area contributed by atoms with E-state index in [1.54, 1.807) is 0 Å². The van der Waals surface area contributed by atoms with Gasteiger partial charge in [-0.2, -0.15) is 0 Å². The Morgan fingerprint density at radius 2 is 0.982 bits per heavy atom. The summed E-state index contributed by atoms with van der Waals surface area (Å²) >= 11 is 0. The molecule has 0 aliphatic heterocycles. The van der Waals surface area contributed by atoms with E-state index in [2.05, 4.69) is 198 Å². The van der Waals surface area contributed by atoms with Crippen molar-refractivity contribution < 1.29 is 0 Å². The summed E-state index contributed by atoms with van der Waals surface area (Å²) in [5.41, 5.74) is 10.6. The summed E-state index contributed by atoms with van der Waals surface area (Å²) in [5.74, 6) is 1.26. The lowest BCUT2D eigenvalue weighted by molar-refractivity contribution is 1.07. The lowest BCUT2D eigenvalue weighted by atomic mass is 9.96. The zero-order chi connectivity index (χ0) is 38.0. The highest BCUT2D eigenvalue weighted by molar-refractivity contribution is 6.29. The monoisotopic (exact) mass is 729 g/mol. The van der Waals surface area contributed by atoms with Gasteiger partial charge in [0.1, 0.15) is 11.5 Å². The molecule has 268 valence electrons. The lowest BCUT2D eigenvalue weighted by Crippen LogP contribution is -2.05. The van der Waals surface area contributed by atoms with Crippen molar-refractivity contribution in [3.63, 3.8) is 0 Å². The molecule has 0 N–H and O–H groups in total. The van der Waals surface area contributed by atoms with Crippen molar-refractivity contribution in [2.75, 3.05) is 0 Å². The largest absolute Gasteiger partial charge is 0.309 e. The van der Waals surface area contributed by atoms with Crippen LogP contribution in [0.15, 0.2) is 192 Å². The number of nitrogens with zero attached hydrogens (tertiary/aromatic N) is 5. The Bertz CT molecular complexity index is 3420. The van der Waals surface area contributed by atoms with Gasteiger partial charge in [-0.1, -0.05) is 133 Å². The normalized spacial score (nSPS) is 12.1. The molecule has 0 aliphatic rings. The van der Waals surface area contributed by atoms with E-state index < -0.39 is 0 Å². The van der Waals surface area contributed by atoms with Crippen molar-refractivity contribution in [1.82, 2.24) is 14.1 Å². The molecule has 0 bridgehead atoms. The fourth-order valence-electron chi connectivity index (χ4n) is 8.87. The molecule has 11 rings (SSSR count). The Morgan fingerprint density at radius 1 is 0.456 bits per heavy atom. The van der Waals surface area contributed by atoms with E-state index in [9.17, 15) is 0 Å². The maximum Gasteiger partial charge on any atom is 0.178 e. The van der Waals surface area contributed by atoms with E-state index >= 15 is 0 Å². The number of para-hydroxylation sites is 2. The fraction of sp³-hybridized carbons (Fsp3) is 0.0192. The summed E-state index contributed by atoms with van der Waals surface area (Å²) in [6.45, 7) is 6.11. The lowest BCUT2D eigenvalue weighted by Gasteiger charge is -2.13. The Kier molecular flexibility index (Phi) is 7.47. The van der Waals surface area contributed by atoms with Crippen LogP contribution in [-0.2, 0) is 0 Å². The molecule has 0 amide bonds. The van der Waals surface area contributed by atoms with Crippen LogP contribution in [0.2, 0.25) is 0 Å². The highest BCUT2D eigenvalue weighted by Crippen LogP contribution is 2.43. The van der Waals surface area contributed by atoms with Crippen molar-refractivity contribution in [3.8, 4) is 22.6 Å². The van der Waals surface area contributed by atoms with Gasteiger partial charge in [0.2, 0.25) is 0 Å². The molecule has 0 saturated carbocycles. The maximum atomic E-state index is 5.28. The highest BCUT2D eigenvalue weighted by Gasteiger charge is 2.21. The predicted octanol–water partition coefficient (Wildman–Crippen LogP) is 13.3. The van der Waals surface area contributed by atoms with E-state index in [4.69, 9.17) is 9.98 Å². The summed E-state index contributed by atoms with van der Waals surface area (Å²) in [6, 6.07) is 64.3. The molecule has 0 atom stereocenters. The highest BCUT2D eigenvalue weighted by atomic mass is 15.1. The maximum absolute atomic E-state index is 5.28. The quantitative estimate of drug-likeness (QED) is 0.0988. The number of aromatic nitrogens is 3. The van der Waals surface area contributed by atoms with Gasteiger partial charge >= 0.3 is 0 Å². The minimum absolute atomic E-state index is 0.477. The minimum atomic E-state index is 0.477. The first-order valence-electron chi connectivity index (χ1n) is 19.2. The zero-order valence-corrected chi connectivity index (χ0v) is 31.3. The molecule has 0 unspecified atom stereocenters. The number of hydrogen-bond donors (Lipinski definition) is 0. The fourth-order valence-corrected chi connectivity index (χ4v) is 8.87.